The Labute approximate surface area is 189 Å². The zero-order chi connectivity index (χ0) is 24.2. The molecule has 0 aliphatic carbocycles. The minimum atomic E-state index is -0.767. The molecule has 4 aromatic rings. The Morgan fingerprint density at radius 1 is 1.15 bits per heavy atom. The van der Waals surface area contributed by atoms with Gasteiger partial charge in [0.2, 0.25) is 0 Å². The summed E-state index contributed by atoms with van der Waals surface area (Å²) in [6.45, 7) is 1.64. The van der Waals surface area contributed by atoms with Crippen molar-refractivity contribution in [2.45, 2.75) is 13.5 Å². The topological polar surface area (TPSA) is 188 Å². The normalized spacial score (nSPS) is 10.9. The number of aryl methyl sites for hydroxylation is 1. The number of nitro groups is 1. The third kappa shape index (κ3) is 4.79. The van der Waals surface area contributed by atoms with Crippen LogP contribution in [0.25, 0.3) is 11.0 Å². The van der Waals surface area contributed by atoms with Gasteiger partial charge in [0.1, 0.15) is 17.7 Å². The van der Waals surface area contributed by atoms with Crippen molar-refractivity contribution in [2.75, 3.05) is 13.1 Å². The van der Waals surface area contributed by atoms with E-state index >= 15 is 0 Å². The molecule has 4 rings (SSSR count). The first kappa shape index (κ1) is 22.3. The number of hydrogen-bond acceptors (Lipinski definition) is 10. The first-order valence-electron chi connectivity index (χ1n) is 9.92. The third-order valence-corrected chi connectivity index (χ3v) is 4.69. The van der Waals surface area contributed by atoms with Crippen molar-refractivity contribution < 1.29 is 23.5 Å². The number of hydrogen-bond donors (Lipinski definition) is 2. The van der Waals surface area contributed by atoms with Gasteiger partial charge in [-0.25, -0.2) is 4.79 Å². The molecule has 2 N–H and O–H groups in total. The van der Waals surface area contributed by atoms with Gasteiger partial charge >= 0.3 is 23.2 Å². The molecule has 174 valence electrons. The van der Waals surface area contributed by atoms with Gasteiger partial charge in [-0.15, -0.1) is 0 Å². The van der Waals surface area contributed by atoms with E-state index < -0.39 is 22.4 Å². The predicted octanol–water partition coefficient (Wildman–Crippen LogP) is 0.797. The van der Waals surface area contributed by atoms with Crippen molar-refractivity contribution in [2.24, 2.45) is 0 Å². The molecule has 14 heteroatoms. The number of para-hydroxylation sites is 1. The summed E-state index contributed by atoms with van der Waals surface area (Å²) in [4.78, 5) is 50.6. The maximum Gasteiger partial charge on any atom is 0.390 e. The fourth-order valence-corrected chi connectivity index (χ4v) is 3.03. The van der Waals surface area contributed by atoms with E-state index in [2.05, 4.69) is 25.9 Å². The Kier molecular flexibility index (Phi) is 6.11. The lowest BCUT2D eigenvalue weighted by atomic mass is 10.2. The highest BCUT2D eigenvalue weighted by molar-refractivity contribution is 5.96. The van der Waals surface area contributed by atoms with Crippen LogP contribution < -0.4 is 16.3 Å². The summed E-state index contributed by atoms with van der Waals surface area (Å²) in [5, 5.41) is 23.9. The molecule has 1 aromatic carbocycles. The van der Waals surface area contributed by atoms with E-state index in [0.29, 0.717) is 16.7 Å². The molecule has 0 saturated heterocycles. The van der Waals surface area contributed by atoms with E-state index in [-0.39, 0.29) is 42.7 Å². The Morgan fingerprint density at radius 3 is 2.62 bits per heavy atom. The van der Waals surface area contributed by atoms with Crippen molar-refractivity contribution in [3.8, 4) is 0 Å². The van der Waals surface area contributed by atoms with Crippen molar-refractivity contribution in [3.63, 3.8) is 0 Å². The maximum atomic E-state index is 12.3. The van der Waals surface area contributed by atoms with Crippen LogP contribution in [0.2, 0.25) is 0 Å². The Balaban J connectivity index is 1.29. The summed E-state index contributed by atoms with van der Waals surface area (Å²) in [5.74, 6) is -1.86. The summed E-state index contributed by atoms with van der Waals surface area (Å²) in [6, 6.07) is 9.53. The molecule has 0 radical (unpaired) electrons. The van der Waals surface area contributed by atoms with E-state index in [9.17, 15) is 24.5 Å². The minimum Gasteiger partial charge on any atom is -0.422 e. The average molecular weight is 467 g/mol. The maximum absolute atomic E-state index is 12.3. The molecular weight excluding hydrogens is 450 g/mol. The second-order valence-electron chi connectivity index (χ2n) is 7.07. The van der Waals surface area contributed by atoms with Crippen LogP contribution in [0, 0.1) is 17.0 Å². The van der Waals surface area contributed by atoms with Gasteiger partial charge in [0.25, 0.3) is 5.91 Å². The number of nitrogens with one attached hydrogen (secondary N) is 2. The van der Waals surface area contributed by atoms with Crippen LogP contribution in [-0.4, -0.2) is 49.7 Å². The third-order valence-electron chi connectivity index (χ3n) is 4.69. The van der Waals surface area contributed by atoms with Crippen LogP contribution in [0.4, 0.5) is 5.82 Å². The lowest BCUT2D eigenvalue weighted by molar-refractivity contribution is -0.389. The van der Waals surface area contributed by atoms with Gasteiger partial charge in [-0.1, -0.05) is 23.4 Å². The van der Waals surface area contributed by atoms with E-state index in [4.69, 9.17) is 8.94 Å². The van der Waals surface area contributed by atoms with Gasteiger partial charge in [0.15, 0.2) is 5.82 Å². The van der Waals surface area contributed by atoms with Crippen LogP contribution in [0.1, 0.15) is 32.6 Å². The summed E-state index contributed by atoms with van der Waals surface area (Å²) in [6.07, 6.45) is 0. The molecule has 0 aliphatic rings. The summed E-state index contributed by atoms with van der Waals surface area (Å²) >= 11 is 0. The molecule has 2 amide bonds. The van der Waals surface area contributed by atoms with Crippen molar-refractivity contribution >= 4 is 28.6 Å². The number of fused-ring (bicyclic) bond motifs is 1. The van der Waals surface area contributed by atoms with Crippen molar-refractivity contribution in [3.05, 3.63) is 79.9 Å². The minimum absolute atomic E-state index is 0.0195. The van der Waals surface area contributed by atoms with Crippen LogP contribution in [0.5, 0.6) is 0 Å². The lowest BCUT2D eigenvalue weighted by Crippen LogP contribution is -2.36. The van der Waals surface area contributed by atoms with E-state index in [1.54, 1.807) is 31.2 Å². The number of amides is 2. The fraction of sp³-hybridized carbons (Fsp3) is 0.200. The van der Waals surface area contributed by atoms with Crippen LogP contribution >= 0.6 is 0 Å². The smallest absolute Gasteiger partial charge is 0.390 e. The van der Waals surface area contributed by atoms with Crippen LogP contribution in [0.3, 0.4) is 0 Å². The summed E-state index contributed by atoms with van der Waals surface area (Å²) < 4.78 is 11.3. The highest BCUT2D eigenvalue weighted by atomic mass is 16.6. The van der Waals surface area contributed by atoms with Crippen LogP contribution in [0.15, 0.2) is 50.1 Å². The van der Waals surface area contributed by atoms with E-state index in [1.165, 1.54) is 16.8 Å². The molecule has 0 fully saturated rings. The number of rotatable bonds is 8. The number of aromatic nitrogens is 4. The zero-order valence-corrected chi connectivity index (χ0v) is 17.7. The molecule has 0 spiro atoms. The first-order valence-corrected chi connectivity index (χ1v) is 9.92. The molecule has 0 aliphatic heterocycles. The average Bonchev–Trinajstić information content (AvgIpc) is 3.43. The first-order chi connectivity index (χ1) is 16.3. The molecule has 3 heterocycles. The summed E-state index contributed by atoms with van der Waals surface area (Å²) in [7, 11) is 0. The SMILES string of the molecule is Cc1cc([N+](=O)[O-])nn1Cc1noc(C(=O)NCCNC(=O)c2cc3ccccc3oc2=O)n1. The predicted molar refractivity (Wildman–Crippen MR) is 114 cm³/mol. The van der Waals surface area contributed by atoms with E-state index in [1.807, 2.05) is 0 Å². The van der Waals surface area contributed by atoms with Gasteiger partial charge < -0.3 is 29.7 Å². The number of carbonyl (C=O) groups is 2. The Morgan fingerprint density at radius 2 is 1.88 bits per heavy atom. The highest BCUT2D eigenvalue weighted by Gasteiger charge is 2.20. The molecular formula is C20H17N7O7. The number of benzene rings is 1. The number of nitrogens with zero attached hydrogens (tertiary/aromatic N) is 5. The van der Waals surface area contributed by atoms with Crippen molar-refractivity contribution in [1.29, 1.82) is 0 Å². The second kappa shape index (κ2) is 9.32. The van der Waals surface area contributed by atoms with Gasteiger partial charge in [-0.3, -0.25) is 9.59 Å². The quantitative estimate of drug-likeness (QED) is 0.162. The lowest BCUT2D eigenvalue weighted by Gasteiger charge is -2.05. The Hall–Kier alpha value is -4.88. The molecule has 0 saturated carbocycles. The largest absolute Gasteiger partial charge is 0.422 e. The van der Waals surface area contributed by atoms with Crippen LogP contribution in [-0.2, 0) is 6.54 Å². The van der Waals surface area contributed by atoms with Gasteiger partial charge in [-0.2, -0.15) is 9.67 Å². The monoisotopic (exact) mass is 467 g/mol. The molecule has 34 heavy (non-hydrogen) atoms. The summed E-state index contributed by atoms with van der Waals surface area (Å²) in [5.41, 5.74) is -0.0352. The zero-order valence-electron chi connectivity index (χ0n) is 17.7. The second-order valence-corrected chi connectivity index (χ2v) is 7.07. The standard InChI is InChI=1S/C20H17N7O7/c1-11-8-16(27(31)32)24-26(11)10-15-23-19(34-25-15)18(29)22-7-6-21-17(28)13-9-12-4-2-3-5-14(12)33-20(13)30/h2-5,8-9H,6-7,10H2,1H3,(H,21,28)(H,22,29). The van der Waals surface area contributed by atoms with Gasteiger partial charge in [-0.05, 0) is 24.0 Å². The molecule has 0 unspecified atom stereocenters. The Bertz CT molecular complexity index is 1450. The molecule has 0 atom stereocenters. The van der Waals surface area contributed by atoms with Gasteiger partial charge in [0.05, 0.1) is 16.9 Å². The number of carbonyl (C=O) groups excluding carboxylic acids is 2. The molecule has 14 nitrogen and oxygen atoms in total. The molecule has 3 aromatic heterocycles. The van der Waals surface area contributed by atoms with E-state index in [0.717, 1.165) is 0 Å². The van der Waals surface area contributed by atoms with Crippen molar-refractivity contribution in [1.82, 2.24) is 30.6 Å². The molecule has 0 bridgehead atoms. The highest BCUT2D eigenvalue weighted by Crippen LogP contribution is 2.13. The fourth-order valence-electron chi connectivity index (χ4n) is 3.03. The van der Waals surface area contributed by atoms with Gasteiger partial charge in [0, 0.05) is 18.5 Å².